The van der Waals surface area contributed by atoms with Gasteiger partial charge in [-0.2, -0.15) is 0 Å². The lowest BCUT2D eigenvalue weighted by Gasteiger charge is -2.20. The topological polar surface area (TPSA) is 72.8 Å². The van der Waals surface area contributed by atoms with E-state index in [1.54, 1.807) is 24.3 Å². The number of halogens is 2. The van der Waals surface area contributed by atoms with E-state index < -0.39 is 5.97 Å². The van der Waals surface area contributed by atoms with E-state index in [9.17, 15) is 14.7 Å². The van der Waals surface area contributed by atoms with Crippen LogP contribution in [0.4, 0.5) is 0 Å². The number of rotatable bonds is 10. The minimum Gasteiger partial charge on any atom is -0.489 e. The summed E-state index contributed by atoms with van der Waals surface area (Å²) in [6.07, 6.45) is -0.125. The van der Waals surface area contributed by atoms with Gasteiger partial charge in [-0.15, -0.1) is 0 Å². The van der Waals surface area contributed by atoms with Gasteiger partial charge in [-0.25, -0.2) is 0 Å². The van der Waals surface area contributed by atoms with Crippen molar-refractivity contribution in [2.24, 2.45) is 0 Å². The van der Waals surface area contributed by atoms with Gasteiger partial charge in [0, 0.05) is 11.1 Å². The van der Waals surface area contributed by atoms with Crippen LogP contribution in [0.5, 0.6) is 17.2 Å². The van der Waals surface area contributed by atoms with Crippen LogP contribution in [0.25, 0.3) is 0 Å². The Labute approximate surface area is 245 Å². The first-order valence-electron chi connectivity index (χ1n) is 12.5. The molecule has 4 aromatic rings. The van der Waals surface area contributed by atoms with Crippen LogP contribution in [0.15, 0.2) is 87.8 Å². The van der Waals surface area contributed by atoms with Crippen LogP contribution in [0.2, 0.25) is 0 Å². The molecule has 0 aromatic heterocycles. The van der Waals surface area contributed by atoms with Gasteiger partial charge >= 0.3 is 5.97 Å². The second-order valence-electron chi connectivity index (χ2n) is 9.57. The quantitative estimate of drug-likeness (QED) is 0.173. The van der Waals surface area contributed by atoms with Crippen molar-refractivity contribution in [2.75, 3.05) is 0 Å². The average molecular weight is 652 g/mol. The lowest BCUT2D eigenvalue weighted by Crippen LogP contribution is -2.08. The van der Waals surface area contributed by atoms with Crippen molar-refractivity contribution < 1.29 is 24.2 Å². The maximum Gasteiger partial charge on any atom is 0.307 e. The maximum atomic E-state index is 13.8. The minimum absolute atomic E-state index is 0.0890. The molecule has 0 saturated heterocycles. The van der Waals surface area contributed by atoms with Crippen molar-refractivity contribution in [3.8, 4) is 17.2 Å². The number of benzene rings is 4. The molecule has 0 unspecified atom stereocenters. The number of carboxylic acids is 1. The second-order valence-corrected chi connectivity index (χ2v) is 11.3. The lowest BCUT2D eigenvalue weighted by molar-refractivity contribution is -0.136. The van der Waals surface area contributed by atoms with Crippen molar-refractivity contribution in [3.05, 3.63) is 121 Å². The Morgan fingerprint density at radius 3 is 2.15 bits per heavy atom. The molecule has 0 radical (unpaired) electrons. The third kappa shape index (κ3) is 7.16. The summed E-state index contributed by atoms with van der Waals surface area (Å²) >= 11 is 7.03. The van der Waals surface area contributed by atoms with Crippen molar-refractivity contribution in [3.63, 3.8) is 0 Å². The van der Waals surface area contributed by atoms with Crippen LogP contribution in [-0.2, 0) is 17.8 Å². The molecule has 1 N–H and O–H groups in total. The number of aliphatic carboxylic acids is 1. The molecule has 39 heavy (non-hydrogen) atoms. The van der Waals surface area contributed by atoms with E-state index in [4.69, 9.17) is 9.47 Å². The molecule has 0 bridgehead atoms. The highest BCUT2D eigenvalue weighted by molar-refractivity contribution is 9.11. The Kier molecular flexibility index (Phi) is 9.25. The highest BCUT2D eigenvalue weighted by Gasteiger charge is 2.23. The van der Waals surface area contributed by atoms with Crippen LogP contribution in [-0.4, -0.2) is 16.9 Å². The molecule has 0 atom stereocenters. The third-order valence-electron chi connectivity index (χ3n) is 6.12. The molecule has 0 spiro atoms. The molecular weight excluding hydrogens is 624 g/mol. The Balaban J connectivity index is 1.81. The number of hydrogen-bond acceptors (Lipinski definition) is 4. The standard InChI is InChI=1S/C32H28Br2O5/c1-19(2)24-16-29(39-32-26(33)13-22(14-27(32)34)15-30(35)36)25(31(37)23-11-7-8-20(3)12-23)17-28(24)38-18-21-9-5-4-6-10-21/h4-14,16-17,19H,15,18H2,1-3H3,(H,35,36). The average Bonchev–Trinajstić information content (AvgIpc) is 2.89. The number of carbonyl (C=O) groups is 2. The van der Waals surface area contributed by atoms with E-state index in [0.717, 1.165) is 16.7 Å². The summed E-state index contributed by atoms with van der Waals surface area (Å²) < 4.78 is 13.8. The smallest absolute Gasteiger partial charge is 0.307 e. The van der Waals surface area contributed by atoms with Gasteiger partial charge in [0.25, 0.3) is 0 Å². The summed E-state index contributed by atoms with van der Waals surface area (Å²) in [6.45, 7) is 6.42. The van der Waals surface area contributed by atoms with Gasteiger partial charge in [-0.1, -0.05) is 67.9 Å². The van der Waals surface area contributed by atoms with E-state index in [-0.39, 0.29) is 18.1 Å². The number of carbonyl (C=O) groups excluding carboxylic acids is 1. The lowest BCUT2D eigenvalue weighted by atomic mass is 9.95. The molecule has 0 amide bonds. The van der Waals surface area contributed by atoms with Crippen LogP contribution in [0.1, 0.15) is 57.9 Å². The Bertz CT molecular complexity index is 1490. The molecule has 200 valence electrons. The normalized spacial score (nSPS) is 10.9. The molecule has 4 aromatic carbocycles. The van der Waals surface area contributed by atoms with Crippen LogP contribution in [0, 0.1) is 6.92 Å². The van der Waals surface area contributed by atoms with E-state index in [0.29, 0.717) is 49.5 Å². The number of ketones is 1. The van der Waals surface area contributed by atoms with Gasteiger partial charge in [0.05, 0.1) is 20.9 Å². The monoisotopic (exact) mass is 650 g/mol. The van der Waals surface area contributed by atoms with Crippen molar-refractivity contribution in [2.45, 2.75) is 39.7 Å². The number of ether oxygens (including phenoxy) is 2. The summed E-state index contributed by atoms with van der Waals surface area (Å²) in [7, 11) is 0. The second kappa shape index (κ2) is 12.6. The molecular formula is C32H28Br2O5. The zero-order valence-corrected chi connectivity index (χ0v) is 25.0. The number of hydrogen-bond donors (Lipinski definition) is 1. The van der Waals surface area contributed by atoms with Gasteiger partial charge in [-0.05, 0) is 86.2 Å². The van der Waals surface area contributed by atoms with Crippen LogP contribution >= 0.6 is 31.9 Å². The Hall–Kier alpha value is -3.42. The van der Waals surface area contributed by atoms with E-state index >= 15 is 0 Å². The highest BCUT2D eigenvalue weighted by Crippen LogP contribution is 2.42. The fourth-order valence-corrected chi connectivity index (χ4v) is 5.63. The number of aryl methyl sites for hydroxylation is 1. The maximum absolute atomic E-state index is 13.8. The molecule has 0 aliphatic heterocycles. The third-order valence-corrected chi connectivity index (χ3v) is 7.30. The fourth-order valence-electron chi connectivity index (χ4n) is 4.19. The molecule has 0 fully saturated rings. The zero-order chi connectivity index (χ0) is 28.1. The first-order valence-corrected chi connectivity index (χ1v) is 14.0. The van der Waals surface area contributed by atoms with Gasteiger partial charge in [-0.3, -0.25) is 9.59 Å². The van der Waals surface area contributed by atoms with Gasteiger partial charge in [0.15, 0.2) is 11.5 Å². The van der Waals surface area contributed by atoms with Crippen molar-refractivity contribution in [1.29, 1.82) is 0 Å². The summed E-state index contributed by atoms with van der Waals surface area (Å²) in [4.78, 5) is 25.0. The van der Waals surface area contributed by atoms with Gasteiger partial charge in [0.2, 0.25) is 0 Å². The molecule has 7 heteroatoms. The molecule has 0 heterocycles. The molecule has 0 saturated carbocycles. The molecule has 0 aliphatic rings. The zero-order valence-electron chi connectivity index (χ0n) is 21.8. The molecule has 4 rings (SSSR count). The predicted molar refractivity (Wildman–Crippen MR) is 159 cm³/mol. The van der Waals surface area contributed by atoms with E-state index in [1.807, 2.05) is 61.5 Å². The first kappa shape index (κ1) is 28.6. The molecule has 5 nitrogen and oxygen atoms in total. The van der Waals surface area contributed by atoms with Crippen LogP contribution < -0.4 is 9.47 Å². The molecule has 0 aliphatic carbocycles. The number of carboxylic acid groups (broad SMARTS) is 1. The summed E-state index contributed by atoms with van der Waals surface area (Å²) in [6, 6.07) is 24.3. The largest absolute Gasteiger partial charge is 0.489 e. The SMILES string of the molecule is Cc1cccc(C(=O)c2cc(OCc3ccccc3)c(C(C)C)cc2Oc2c(Br)cc(CC(=O)O)cc2Br)c1. The predicted octanol–water partition coefficient (Wildman–Crippen LogP) is 8.87. The highest BCUT2D eigenvalue weighted by atomic mass is 79.9. The van der Waals surface area contributed by atoms with Gasteiger partial charge in [0.1, 0.15) is 18.1 Å². The summed E-state index contributed by atoms with van der Waals surface area (Å²) in [5.41, 5.74) is 4.41. The first-order chi connectivity index (χ1) is 18.6. The van der Waals surface area contributed by atoms with Crippen molar-refractivity contribution in [1.82, 2.24) is 0 Å². The summed E-state index contributed by atoms with van der Waals surface area (Å²) in [5.74, 6) is 0.405. The van der Waals surface area contributed by atoms with Crippen molar-refractivity contribution >= 4 is 43.6 Å². The van der Waals surface area contributed by atoms with E-state index in [2.05, 4.69) is 45.7 Å². The van der Waals surface area contributed by atoms with Gasteiger partial charge < -0.3 is 14.6 Å². The Morgan fingerprint density at radius 2 is 1.54 bits per heavy atom. The Morgan fingerprint density at radius 1 is 0.846 bits per heavy atom. The fraction of sp³-hybridized carbons (Fsp3) is 0.188. The summed E-state index contributed by atoms with van der Waals surface area (Å²) in [5, 5.41) is 9.19. The van der Waals surface area contributed by atoms with E-state index in [1.165, 1.54) is 0 Å². The minimum atomic E-state index is -0.929. The van der Waals surface area contributed by atoms with Crippen LogP contribution in [0.3, 0.4) is 0 Å².